The Labute approximate surface area is 111 Å². The summed E-state index contributed by atoms with van der Waals surface area (Å²) in [7, 11) is 0. The van der Waals surface area contributed by atoms with Crippen LogP contribution in [0.1, 0.15) is 24.8 Å². The third kappa shape index (κ3) is 4.33. The average Bonchev–Trinajstić information content (AvgIpc) is 2.86. The van der Waals surface area contributed by atoms with E-state index in [9.17, 15) is 4.39 Å². The number of hydrogen-bond acceptors (Lipinski definition) is 5. The first kappa shape index (κ1) is 13.5. The Balaban J connectivity index is 1.81. The highest BCUT2D eigenvalue weighted by Gasteiger charge is 2.04. The van der Waals surface area contributed by atoms with Crippen LogP contribution in [0.5, 0.6) is 0 Å². The van der Waals surface area contributed by atoms with Gasteiger partial charge in [0.05, 0.1) is 6.54 Å². The van der Waals surface area contributed by atoms with Crippen LogP contribution in [0.4, 0.5) is 10.4 Å². The fourth-order valence-electron chi connectivity index (χ4n) is 1.55. The molecule has 0 aliphatic heterocycles. The first-order valence-corrected chi connectivity index (χ1v) is 6.29. The minimum Gasteiger partial charge on any atom is -0.407 e. The number of nitrogens with zero attached hydrogens (tertiary/aromatic N) is 2. The van der Waals surface area contributed by atoms with E-state index in [1.165, 1.54) is 12.1 Å². The van der Waals surface area contributed by atoms with E-state index in [1.807, 2.05) is 0 Å². The van der Waals surface area contributed by atoms with Crippen molar-refractivity contribution in [1.29, 1.82) is 0 Å². The Bertz CT molecular complexity index is 498. The Kier molecular flexibility index (Phi) is 4.85. The van der Waals surface area contributed by atoms with E-state index < -0.39 is 0 Å². The molecule has 102 valence electrons. The van der Waals surface area contributed by atoms with Gasteiger partial charge in [0.25, 0.3) is 0 Å². The zero-order valence-corrected chi connectivity index (χ0v) is 10.8. The van der Waals surface area contributed by atoms with Gasteiger partial charge in [0.15, 0.2) is 0 Å². The average molecular weight is 264 g/mol. The number of aromatic nitrogens is 2. The van der Waals surface area contributed by atoms with Gasteiger partial charge in [-0.15, -0.1) is 5.10 Å². The van der Waals surface area contributed by atoms with Crippen molar-refractivity contribution >= 4 is 6.01 Å². The highest BCUT2D eigenvalue weighted by Crippen LogP contribution is 2.08. The molecule has 0 atom stereocenters. The van der Waals surface area contributed by atoms with Crippen molar-refractivity contribution < 1.29 is 8.81 Å². The Morgan fingerprint density at radius 2 is 1.95 bits per heavy atom. The van der Waals surface area contributed by atoms with Crippen molar-refractivity contribution in [3.8, 4) is 0 Å². The third-order valence-corrected chi connectivity index (χ3v) is 2.53. The molecule has 2 rings (SSSR count). The molecule has 0 amide bonds. The fraction of sp³-hybridized carbons (Fsp3) is 0.385. The summed E-state index contributed by atoms with van der Waals surface area (Å²) in [4.78, 5) is 0. The molecule has 0 saturated carbocycles. The molecule has 0 aliphatic rings. The van der Waals surface area contributed by atoms with Gasteiger partial charge < -0.3 is 15.1 Å². The van der Waals surface area contributed by atoms with Gasteiger partial charge in [-0.05, 0) is 30.7 Å². The summed E-state index contributed by atoms with van der Waals surface area (Å²) >= 11 is 0. The van der Waals surface area contributed by atoms with Crippen LogP contribution in [0.3, 0.4) is 0 Å². The number of rotatable bonds is 7. The largest absolute Gasteiger partial charge is 0.407 e. The Morgan fingerprint density at radius 1 is 1.16 bits per heavy atom. The Morgan fingerprint density at radius 3 is 2.68 bits per heavy atom. The molecule has 5 nitrogen and oxygen atoms in total. The molecule has 0 radical (unpaired) electrons. The topological polar surface area (TPSA) is 63.0 Å². The van der Waals surface area contributed by atoms with Crippen LogP contribution in [0, 0.1) is 5.82 Å². The lowest BCUT2D eigenvalue weighted by Crippen LogP contribution is -2.13. The molecule has 0 spiro atoms. The van der Waals surface area contributed by atoms with E-state index in [0.29, 0.717) is 25.0 Å². The Hall–Kier alpha value is -1.95. The van der Waals surface area contributed by atoms with E-state index in [-0.39, 0.29) is 5.82 Å². The van der Waals surface area contributed by atoms with Crippen molar-refractivity contribution in [3.05, 3.63) is 41.5 Å². The summed E-state index contributed by atoms with van der Waals surface area (Å²) in [6.07, 6.45) is 1.06. The van der Waals surface area contributed by atoms with Crippen molar-refractivity contribution in [2.45, 2.75) is 26.4 Å². The molecule has 0 saturated heterocycles. The maximum atomic E-state index is 12.7. The molecule has 6 heteroatoms. The summed E-state index contributed by atoms with van der Waals surface area (Å²) in [5.41, 5.74) is 0.949. The molecule has 0 aliphatic carbocycles. The SMILES string of the molecule is CCCNCc1nnc(NCc2ccc(F)cc2)o1. The second kappa shape index (κ2) is 6.84. The molecule has 1 heterocycles. The van der Waals surface area contributed by atoms with Gasteiger partial charge in [0, 0.05) is 6.54 Å². The van der Waals surface area contributed by atoms with Gasteiger partial charge in [-0.2, -0.15) is 0 Å². The van der Waals surface area contributed by atoms with E-state index in [0.717, 1.165) is 18.5 Å². The lowest BCUT2D eigenvalue weighted by atomic mass is 10.2. The molecular weight excluding hydrogens is 247 g/mol. The zero-order valence-electron chi connectivity index (χ0n) is 10.8. The second-order valence-electron chi connectivity index (χ2n) is 4.16. The van der Waals surface area contributed by atoms with Crippen LogP contribution in [0.2, 0.25) is 0 Å². The molecular formula is C13H17FN4O. The molecule has 0 bridgehead atoms. The lowest BCUT2D eigenvalue weighted by Gasteiger charge is -2.01. The van der Waals surface area contributed by atoms with Gasteiger partial charge in [0.1, 0.15) is 5.82 Å². The third-order valence-electron chi connectivity index (χ3n) is 2.53. The molecule has 1 aromatic heterocycles. The predicted octanol–water partition coefficient (Wildman–Crippen LogP) is 2.32. The monoisotopic (exact) mass is 264 g/mol. The minimum atomic E-state index is -0.245. The van der Waals surface area contributed by atoms with Crippen molar-refractivity contribution in [3.63, 3.8) is 0 Å². The van der Waals surface area contributed by atoms with Crippen LogP contribution in [-0.2, 0) is 13.1 Å². The van der Waals surface area contributed by atoms with E-state index >= 15 is 0 Å². The summed E-state index contributed by atoms with van der Waals surface area (Å²) in [6.45, 7) is 4.10. The van der Waals surface area contributed by atoms with Crippen molar-refractivity contribution in [2.75, 3.05) is 11.9 Å². The number of anilines is 1. The summed E-state index contributed by atoms with van der Waals surface area (Å²) in [5.74, 6) is 0.306. The highest BCUT2D eigenvalue weighted by molar-refractivity contribution is 5.23. The smallest absolute Gasteiger partial charge is 0.315 e. The highest BCUT2D eigenvalue weighted by atomic mass is 19.1. The summed E-state index contributed by atoms with van der Waals surface area (Å²) < 4.78 is 18.1. The van der Waals surface area contributed by atoms with Gasteiger partial charge >= 0.3 is 6.01 Å². The first-order valence-electron chi connectivity index (χ1n) is 6.29. The maximum absolute atomic E-state index is 12.7. The number of halogens is 1. The number of hydrogen-bond donors (Lipinski definition) is 2. The van der Waals surface area contributed by atoms with Gasteiger partial charge in [0.2, 0.25) is 5.89 Å². The fourth-order valence-corrected chi connectivity index (χ4v) is 1.55. The number of nitrogens with one attached hydrogen (secondary N) is 2. The minimum absolute atomic E-state index is 0.245. The summed E-state index contributed by atoms with van der Waals surface area (Å²) in [6, 6.07) is 6.64. The summed E-state index contributed by atoms with van der Waals surface area (Å²) in [5, 5.41) is 14.0. The number of benzene rings is 1. The predicted molar refractivity (Wildman–Crippen MR) is 70.0 cm³/mol. The molecule has 2 aromatic rings. The molecule has 2 N–H and O–H groups in total. The van der Waals surface area contributed by atoms with Crippen molar-refractivity contribution in [1.82, 2.24) is 15.5 Å². The maximum Gasteiger partial charge on any atom is 0.315 e. The lowest BCUT2D eigenvalue weighted by molar-refractivity contribution is 0.477. The van der Waals surface area contributed by atoms with E-state index in [4.69, 9.17) is 4.42 Å². The van der Waals surface area contributed by atoms with E-state index in [2.05, 4.69) is 27.8 Å². The van der Waals surface area contributed by atoms with Crippen LogP contribution in [0.25, 0.3) is 0 Å². The quantitative estimate of drug-likeness (QED) is 0.751. The van der Waals surface area contributed by atoms with Crippen LogP contribution in [-0.4, -0.2) is 16.7 Å². The van der Waals surface area contributed by atoms with Crippen molar-refractivity contribution in [2.24, 2.45) is 0 Å². The van der Waals surface area contributed by atoms with E-state index in [1.54, 1.807) is 12.1 Å². The molecule has 0 unspecified atom stereocenters. The first-order chi connectivity index (χ1) is 9.28. The van der Waals surface area contributed by atoms with Crippen LogP contribution >= 0.6 is 0 Å². The second-order valence-corrected chi connectivity index (χ2v) is 4.16. The standard InChI is InChI=1S/C13H17FN4O/c1-2-7-15-9-12-17-18-13(19-12)16-8-10-3-5-11(14)6-4-10/h3-6,15H,2,7-9H2,1H3,(H,16,18). The molecule has 1 aromatic carbocycles. The zero-order chi connectivity index (χ0) is 13.5. The molecule has 0 fully saturated rings. The van der Waals surface area contributed by atoms with Crippen LogP contribution < -0.4 is 10.6 Å². The van der Waals surface area contributed by atoms with Gasteiger partial charge in [-0.25, -0.2) is 4.39 Å². The normalized spacial score (nSPS) is 10.6. The molecule has 19 heavy (non-hydrogen) atoms. The van der Waals surface area contributed by atoms with Crippen LogP contribution in [0.15, 0.2) is 28.7 Å². The van der Waals surface area contributed by atoms with Gasteiger partial charge in [-0.3, -0.25) is 0 Å². The van der Waals surface area contributed by atoms with Gasteiger partial charge in [-0.1, -0.05) is 24.2 Å².